The highest BCUT2D eigenvalue weighted by molar-refractivity contribution is 5.72. The molecule has 9 heteroatoms. The van der Waals surface area contributed by atoms with Crippen molar-refractivity contribution < 1.29 is 9.50 Å². The number of hydrogen-bond donors (Lipinski definition) is 2. The fourth-order valence-electron chi connectivity index (χ4n) is 4.59. The number of aromatic hydroxyl groups is 1. The number of benzene rings is 1. The van der Waals surface area contributed by atoms with Crippen LogP contribution in [0.25, 0.3) is 28.2 Å². The van der Waals surface area contributed by atoms with Crippen molar-refractivity contribution >= 4 is 5.57 Å². The molecular weight excluding hydrogens is 411 g/mol. The van der Waals surface area contributed by atoms with E-state index in [1.807, 2.05) is 0 Å². The van der Waals surface area contributed by atoms with Crippen molar-refractivity contribution in [3.05, 3.63) is 59.4 Å². The summed E-state index contributed by atoms with van der Waals surface area (Å²) in [6.07, 6.45) is 2.97. The minimum Gasteiger partial charge on any atom is -0.507 e. The summed E-state index contributed by atoms with van der Waals surface area (Å²) in [5.41, 5.74) is 2.25. The number of aryl methyl sites for hydroxylation is 1. The molecule has 32 heavy (non-hydrogen) atoms. The number of nitrogens with one attached hydrogen (secondary N) is 1. The summed E-state index contributed by atoms with van der Waals surface area (Å²) in [5, 5.41) is 22.4. The number of piperidine rings is 1. The van der Waals surface area contributed by atoms with E-state index in [0.717, 1.165) is 12.8 Å². The minimum absolute atomic E-state index is 0.0357. The topological polar surface area (TPSA) is 106 Å². The third-order valence-electron chi connectivity index (χ3n) is 6.41. The molecule has 2 aliphatic rings. The lowest BCUT2D eigenvalue weighted by Gasteiger charge is -2.33. The molecule has 0 amide bonds. The summed E-state index contributed by atoms with van der Waals surface area (Å²) < 4.78 is 16.1. The maximum Gasteiger partial charge on any atom is 0.350 e. The summed E-state index contributed by atoms with van der Waals surface area (Å²) >= 11 is 0. The molecule has 0 spiro atoms. The molecule has 5 rings (SSSR count). The normalized spacial score (nSPS) is 24.4. The second-order valence-electron chi connectivity index (χ2n) is 8.47. The third-order valence-corrected chi connectivity index (χ3v) is 6.41. The first-order valence-corrected chi connectivity index (χ1v) is 10.6. The maximum absolute atomic E-state index is 14.9. The van der Waals surface area contributed by atoms with Crippen molar-refractivity contribution in [2.45, 2.75) is 37.5 Å². The summed E-state index contributed by atoms with van der Waals surface area (Å²) in [5.74, 6) is -0.0732. The Hall–Kier alpha value is -3.46. The van der Waals surface area contributed by atoms with Crippen molar-refractivity contribution in [2.75, 3.05) is 0 Å². The molecule has 2 aliphatic heterocycles. The standard InChI is InChI=1S/C23H23FN6O2/c1-12(16-10-14-4-6-19(26-14)21(16)24)17-7-8-18(29-28-17)15-5-3-13(9-20(15)31)22-25-11-30(2)23(32)27-22/h3,5,7-9,11,14,16,19,21,26,31H,1,4,6,10H2,2H3. The van der Waals surface area contributed by atoms with Crippen LogP contribution in [0.15, 0.2) is 48.0 Å². The van der Waals surface area contributed by atoms with Gasteiger partial charge in [-0.3, -0.25) is 4.57 Å². The van der Waals surface area contributed by atoms with Crippen LogP contribution in [0.5, 0.6) is 5.75 Å². The van der Waals surface area contributed by atoms with Crippen LogP contribution in [-0.2, 0) is 7.05 Å². The molecule has 4 heterocycles. The van der Waals surface area contributed by atoms with Gasteiger partial charge in [0.25, 0.3) is 0 Å². The highest BCUT2D eigenvalue weighted by Gasteiger charge is 2.43. The largest absolute Gasteiger partial charge is 0.507 e. The third kappa shape index (κ3) is 3.58. The number of aromatic nitrogens is 5. The van der Waals surface area contributed by atoms with Gasteiger partial charge in [0.1, 0.15) is 18.2 Å². The SMILES string of the molecule is C=C(c1ccc(-c2ccc(-c3ncn(C)c(=O)n3)cc2O)nn1)C1CC2CCC(N2)C1F. The quantitative estimate of drug-likeness (QED) is 0.650. The van der Waals surface area contributed by atoms with Gasteiger partial charge in [0.2, 0.25) is 0 Å². The first-order chi connectivity index (χ1) is 15.4. The van der Waals surface area contributed by atoms with Crippen molar-refractivity contribution in [2.24, 2.45) is 13.0 Å². The summed E-state index contributed by atoms with van der Waals surface area (Å²) in [6.45, 7) is 4.11. The number of phenolic OH excluding ortho intramolecular Hbond substituents is 1. The van der Waals surface area contributed by atoms with Gasteiger partial charge in [-0.15, -0.1) is 5.10 Å². The van der Waals surface area contributed by atoms with Gasteiger partial charge in [-0.25, -0.2) is 14.2 Å². The van der Waals surface area contributed by atoms with E-state index in [4.69, 9.17) is 0 Å². The molecule has 2 bridgehead atoms. The molecule has 0 aliphatic carbocycles. The Bertz CT molecular complexity index is 1240. The Labute approximate surface area is 183 Å². The number of hydrogen-bond acceptors (Lipinski definition) is 7. The van der Waals surface area contributed by atoms with E-state index in [9.17, 15) is 14.3 Å². The van der Waals surface area contributed by atoms with E-state index in [1.54, 1.807) is 31.3 Å². The van der Waals surface area contributed by atoms with Crippen LogP contribution in [-0.4, -0.2) is 48.1 Å². The Morgan fingerprint density at radius 3 is 2.81 bits per heavy atom. The average Bonchev–Trinajstić information content (AvgIpc) is 3.21. The van der Waals surface area contributed by atoms with Crippen LogP contribution in [0.4, 0.5) is 4.39 Å². The van der Waals surface area contributed by atoms with Gasteiger partial charge in [0, 0.05) is 36.2 Å². The Morgan fingerprint density at radius 1 is 1.25 bits per heavy atom. The highest BCUT2D eigenvalue weighted by Crippen LogP contribution is 2.39. The van der Waals surface area contributed by atoms with Gasteiger partial charge in [0.05, 0.1) is 11.4 Å². The van der Waals surface area contributed by atoms with E-state index in [1.165, 1.54) is 17.0 Å². The Morgan fingerprint density at radius 2 is 2.09 bits per heavy atom. The van der Waals surface area contributed by atoms with Crippen molar-refractivity contribution in [1.82, 2.24) is 30.0 Å². The fraction of sp³-hybridized carbons (Fsp3) is 0.348. The zero-order valence-electron chi connectivity index (χ0n) is 17.6. The molecule has 0 saturated carbocycles. The number of allylic oxidation sites excluding steroid dienone is 1. The minimum atomic E-state index is -0.976. The van der Waals surface area contributed by atoms with E-state index in [2.05, 4.69) is 32.1 Å². The number of fused-ring (bicyclic) bond motifs is 2. The average molecular weight is 434 g/mol. The lowest BCUT2D eigenvalue weighted by molar-refractivity contribution is 0.167. The maximum atomic E-state index is 14.9. The van der Waals surface area contributed by atoms with E-state index in [-0.39, 0.29) is 23.5 Å². The molecule has 3 aromatic rings. The molecule has 1 aromatic carbocycles. The second kappa shape index (κ2) is 7.90. The van der Waals surface area contributed by atoms with Gasteiger partial charge in [-0.05, 0) is 49.1 Å². The van der Waals surface area contributed by atoms with Crippen LogP contribution in [0, 0.1) is 5.92 Å². The van der Waals surface area contributed by atoms with Crippen LogP contribution >= 0.6 is 0 Å². The summed E-state index contributed by atoms with van der Waals surface area (Å²) in [7, 11) is 1.56. The van der Waals surface area contributed by atoms with Crippen molar-refractivity contribution in [3.8, 4) is 28.4 Å². The number of nitrogens with zero attached hydrogens (tertiary/aromatic N) is 5. The van der Waals surface area contributed by atoms with Gasteiger partial charge < -0.3 is 10.4 Å². The monoisotopic (exact) mass is 434 g/mol. The van der Waals surface area contributed by atoms with Crippen LogP contribution in [0.1, 0.15) is 25.0 Å². The predicted octanol–water partition coefficient (Wildman–Crippen LogP) is 2.50. The van der Waals surface area contributed by atoms with Crippen LogP contribution in [0.3, 0.4) is 0 Å². The lowest BCUT2D eigenvalue weighted by atomic mass is 9.83. The van der Waals surface area contributed by atoms with E-state index < -0.39 is 11.9 Å². The molecule has 4 atom stereocenters. The van der Waals surface area contributed by atoms with E-state index in [0.29, 0.717) is 40.6 Å². The van der Waals surface area contributed by atoms with Gasteiger partial charge >= 0.3 is 5.69 Å². The Kier molecular flexibility index (Phi) is 5.05. The molecule has 2 aromatic heterocycles. The molecule has 2 saturated heterocycles. The predicted molar refractivity (Wildman–Crippen MR) is 117 cm³/mol. The molecular formula is C23H23FN6O2. The molecule has 8 nitrogen and oxygen atoms in total. The van der Waals surface area contributed by atoms with E-state index >= 15 is 0 Å². The van der Waals surface area contributed by atoms with Crippen LogP contribution in [0.2, 0.25) is 0 Å². The number of halogens is 1. The van der Waals surface area contributed by atoms with Gasteiger partial charge in [-0.2, -0.15) is 10.1 Å². The molecule has 0 radical (unpaired) electrons. The molecule has 164 valence electrons. The van der Waals surface area contributed by atoms with Crippen molar-refractivity contribution in [3.63, 3.8) is 0 Å². The van der Waals surface area contributed by atoms with Gasteiger partial charge in [0.15, 0.2) is 5.82 Å². The summed E-state index contributed by atoms with van der Waals surface area (Å²) in [6, 6.07) is 8.59. The fourth-order valence-corrected chi connectivity index (χ4v) is 4.59. The zero-order valence-corrected chi connectivity index (χ0v) is 17.6. The molecule has 4 unspecified atom stereocenters. The molecule has 2 N–H and O–H groups in total. The van der Waals surface area contributed by atoms with Crippen LogP contribution < -0.4 is 11.0 Å². The number of phenols is 1. The smallest absolute Gasteiger partial charge is 0.350 e. The number of alkyl halides is 1. The van der Waals surface area contributed by atoms with Crippen molar-refractivity contribution in [1.29, 1.82) is 0 Å². The highest BCUT2D eigenvalue weighted by atomic mass is 19.1. The van der Waals surface area contributed by atoms with Gasteiger partial charge in [-0.1, -0.05) is 12.6 Å². The summed E-state index contributed by atoms with van der Waals surface area (Å²) in [4.78, 5) is 19.8. The Balaban J connectivity index is 1.37. The lowest BCUT2D eigenvalue weighted by Crippen LogP contribution is -2.47. The second-order valence-corrected chi connectivity index (χ2v) is 8.47. The first kappa shape index (κ1) is 20.4. The first-order valence-electron chi connectivity index (χ1n) is 10.6. The molecule has 2 fully saturated rings. The zero-order chi connectivity index (χ0) is 22.4. The number of rotatable bonds is 4.